The van der Waals surface area contributed by atoms with E-state index < -0.39 is 0 Å². The second kappa shape index (κ2) is 9.79. The minimum Gasteiger partial charge on any atom is -0.463 e. The van der Waals surface area contributed by atoms with E-state index in [0.717, 1.165) is 28.5 Å². The molecule has 6 rings (SSSR count). The van der Waals surface area contributed by atoms with Crippen LogP contribution in [-0.4, -0.2) is 73.7 Å². The molecule has 2 aliphatic rings. The van der Waals surface area contributed by atoms with Crippen LogP contribution in [0.1, 0.15) is 23.4 Å². The van der Waals surface area contributed by atoms with Crippen LogP contribution in [-0.2, 0) is 11.2 Å². The highest BCUT2D eigenvalue weighted by Crippen LogP contribution is 2.43. The van der Waals surface area contributed by atoms with E-state index in [1.54, 1.807) is 29.6 Å². The van der Waals surface area contributed by atoms with E-state index in [9.17, 15) is 10.1 Å². The van der Waals surface area contributed by atoms with E-state index in [1.165, 1.54) is 6.08 Å². The van der Waals surface area contributed by atoms with Gasteiger partial charge in [0.2, 0.25) is 5.91 Å². The van der Waals surface area contributed by atoms with Gasteiger partial charge in [-0.05, 0) is 37.1 Å². The fraction of sp³-hybridized carbons (Fsp3) is 0.321. The van der Waals surface area contributed by atoms with Crippen molar-refractivity contribution in [2.45, 2.75) is 19.8 Å². The molecule has 1 aromatic carbocycles. The molecule has 4 aromatic rings. The Kier molecular flexibility index (Phi) is 6.15. The maximum atomic E-state index is 12.0. The molecule has 1 spiro atoms. The van der Waals surface area contributed by atoms with Crippen molar-refractivity contribution < 1.29 is 9.53 Å². The van der Waals surface area contributed by atoms with Gasteiger partial charge in [0.15, 0.2) is 5.82 Å². The van der Waals surface area contributed by atoms with Crippen LogP contribution in [0.4, 0.5) is 5.82 Å². The number of fused-ring (bicyclic) bond motifs is 1. The summed E-state index contributed by atoms with van der Waals surface area (Å²) in [6, 6.07) is 8.28. The van der Waals surface area contributed by atoms with Crippen molar-refractivity contribution in [2.75, 3.05) is 37.7 Å². The van der Waals surface area contributed by atoms with E-state index >= 15 is 0 Å². The Balaban J connectivity index is 1.37. The molecule has 0 saturated carbocycles. The van der Waals surface area contributed by atoms with E-state index in [1.807, 2.05) is 19.1 Å². The monoisotopic (exact) mass is 521 g/mol. The lowest BCUT2D eigenvalue weighted by molar-refractivity contribution is -0.136. The Morgan fingerprint density at radius 1 is 1.26 bits per heavy atom. The van der Waals surface area contributed by atoms with Gasteiger partial charge in [-0.25, -0.2) is 9.97 Å². The largest absolute Gasteiger partial charge is 0.463 e. The summed E-state index contributed by atoms with van der Waals surface area (Å²) in [5.41, 5.74) is 3.51. The number of H-pyrrole nitrogens is 1. The third kappa shape index (κ3) is 4.44. The van der Waals surface area contributed by atoms with Crippen molar-refractivity contribution in [3.63, 3.8) is 0 Å². The van der Waals surface area contributed by atoms with Crippen LogP contribution >= 0.6 is 0 Å². The molecule has 5 heterocycles. The molecule has 0 aliphatic carbocycles. The van der Waals surface area contributed by atoms with E-state index in [0.29, 0.717) is 55.5 Å². The minimum atomic E-state index is -0.0529. The van der Waals surface area contributed by atoms with Crippen LogP contribution in [0, 0.1) is 23.7 Å². The number of nitriles is 1. The molecular weight excluding hydrogens is 494 g/mol. The lowest BCUT2D eigenvalue weighted by Gasteiger charge is -2.47. The summed E-state index contributed by atoms with van der Waals surface area (Å²) in [6.07, 6.45) is 7.88. The fourth-order valence-electron chi connectivity index (χ4n) is 5.56. The number of hydrogen-bond donors (Lipinski definition) is 1. The molecule has 2 fully saturated rings. The Bertz CT molecular complexity index is 1600. The maximum Gasteiger partial charge on any atom is 0.319 e. The van der Waals surface area contributed by atoms with Gasteiger partial charge in [-0.15, -0.1) is 0 Å². The topological polar surface area (TPSA) is 137 Å². The summed E-state index contributed by atoms with van der Waals surface area (Å²) in [7, 11) is 0. The van der Waals surface area contributed by atoms with E-state index in [-0.39, 0.29) is 23.9 Å². The van der Waals surface area contributed by atoms with E-state index in [2.05, 4.69) is 37.7 Å². The number of benzene rings is 1. The number of aromatic nitrogens is 6. The van der Waals surface area contributed by atoms with E-state index in [4.69, 9.17) is 14.7 Å². The van der Waals surface area contributed by atoms with Gasteiger partial charge in [0, 0.05) is 61.4 Å². The predicted octanol–water partition coefficient (Wildman–Crippen LogP) is 2.84. The Hall–Kier alpha value is -4.85. The molecule has 0 bridgehead atoms. The molecule has 39 heavy (non-hydrogen) atoms. The van der Waals surface area contributed by atoms with Crippen molar-refractivity contribution >= 4 is 22.6 Å². The van der Waals surface area contributed by atoms with Crippen LogP contribution < -0.4 is 9.64 Å². The van der Waals surface area contributed by atoms with Gasteiger partial charge in [-0.1, -0.05) is 12.6 Å². The quantitative estimate of drug-likeness (QED) is 0.364. The number of carbonyl (C=O) groups excluding carboxylic acids is 1. The van der Waals surface area contributed by atoms with Gasteiger partial charge in [0.25, 0.3) is 0 Å². The maximum absolute atomic E-state index is 12.0. The number of likely N-dealkylation sites (tertiary alicyclic amines) is 1. The summed E-state index contributed by atoms with van der Waals surface area (Å²) in [5.74, 6) is 1.15. The number of amides is 1. The van der Waals surface area contributed by atoms with Gasteiger partial charge >= 0.3 is 6.01 Å². The second-order valence-corrected chi connectivity index (χ2v) is 10.1. The molecule has 11 nitrogen and oxygen atoms in total. The molecule has 1 N–H and O–H groups in total. The second-order valence-electron chi connectivity index (χ2n) is 10.1. The lowest BCUT2D eigenvalue weighted by Crippen LogP contribution is -2.59. The summed E-state index contributed by atoms with van der Waals surface area (Å²) in [6.45, 7) is 8.61. The Morgan fingerprint density at radius 3 is 2.85 bits per heavy atom. The molecular formula is C28H27N9O2. The third-order valence-electron chi connectivity index (χ3n) is 7.50. The summed E-state index contributed by atoms with van der Waals surface area (Å²) < 4.78 is 6.03. The van der Waals surface area contributed by atoms with Crippen molar-refractivity contribution in [1.29, 1.82) is 5.26 Å². The van der Waals surface area contributed by atoms with Crippen molar-refractivity contribution in [1.82, 2.24) is 35.0 Å². The number of anilines is 1. The standard InChI is InChI=1S/C28H27N9O2/c1-3-23(38)37-16-28(17-37)8-11-36(15-28)26-19(13-29)25(24-18(2)5-6-21-20(24)14-32-35-21)33-27(34-26)39-12-7-22-30-9-4-10-31-22/h3-6,9-10,14H,1,7-8,11-12,15-17H2,2H3,(H,32,35). The number of nitrogens with zero attached hydrogens (tertiary/aromatic N) is 8. The molecule has 0 atom stereocenters. The van der Waals surface area contributed by atoms with Gasteiger partial charge in [0.1, 0.15) is 17.5 Å². The number of hydrogen-bond acceptors (Lipinski definition) is 9. The number of carbonyl (C=O) groups is 1. The van der Waals surface area contributed by atoms with Gasteiger partial charge in [0.05, 0.1) is 24.0 Å². The molecule has 196 valence electrons. The highest BCUT2D eigenvalue weighted by Gasteiger charge is 2.49. The average Bonchev–Trinajstić information content (AvgIpc) is 3.60. The first kappa shape index (κ1) is 24.5. The van der Waals surface area contributed by atoms with Crippen molar-refractivity contribution in [3.8, 4) is 23.3 Å². The summed E-state index contributed by atoms with van der Waals surface area (Å²) >= 11 is 0. The first-order valence-electron chi connectivity index (χ1n) is 12.8. The third-order valence-corrected chi connectivity index (χ3v) is 7.50. The SMILES string of the molecule is C=CC(=O)N1CC2(CCN(c3nc(OCCc4ncccn4)nc(-c4c(C)ccc5[nH]ncc45)c3C#N)C2)C1. The summed E-state index contributed by atoms with van der Waals surface area (Å²) in [4.78, 5) is 34.0. The molecule has 2 aliphatic heterocycles. The number of rotatable bonds is 7. The first-order chi connectivity index (χ1) is 19.0. The predicted molar refractivity (Wildman–Crippen MR) is 144 cm³/mol. The number of aryl methyl sites for hydroxylation is 1. The van der Waals surface area contributed by atoms with Crippen molar-refractivity contribution in [2.24, 2.45) is 5.41 Å². The first-order valence-corrected chi connectivity index (χ1v) is 12.8. The molecule has 0 unspecified atom stereocenters. The molecule has 11 heteroatoms. The van der Waals surface area contributed by atoms with Crippen LogP contribution in [0.5, 0.6) is 6.01 Å². The zero-order chi connectivity index (χ0) is 27.0. The molecule has 0 radical (unpaired) electrons. The molecule has 2 saturated heterocycles. The van der Waals surface area contributed by atoms with Crippen LogP contribution in [0.3, 0.4) is 0 Å². The Labute approximate surface area is 225 Å². The van der Waals surface area contributed by atoms with Gasteiger partial charge in [-0.2, -0.15) is 20.3 Å². The van der Waals surface area contributed by atoms with Crippen LogP contribution in [0.2, 0.25) is 0 Å². The van der Waals surface area contributed by atoms with Gasteiger partial charge in [-0.3, -0.25) is 9.89 Å². The highest BCUT2D eigenvalue weighted by molar-refractivity contribution is 5.97. The smallest absolute Gasteiger partial charge is 0.319 e. The molecule has 1 amide bonds. The number of ether oxygens (including phenoxy) is 1. The number of aromatic amines is 1. The Morgan fingerprint density at radius 2 is 2.08 bits per heavy atom. The fourth-order valence-corrected chi connectivity index (χ4v) is 5.56. The average molecular weight is 522 g/mol. The number of nitrogens with one attached hydrogen (secondary N) is 1. The highest BCUT2D eigenvalue weighted by atomic mass is 16.5. The van der Waals surface area contributed by atoms with Crippen LogP contribution in [0.15, 0.2) is 49.4 Å². The van der Waals surface area contributed by atoms with Crippen molar-refractivity contribution in [3.05, 3.63) is 66.4 Å². The summed E-state index contributed by atoms with van der Waals surface area (Å²) in [5, 5.41) is 18.5. The lowest BCUT2D eigenvalue weighted by atomic mass is 9.79. The normalized spacial score (nSPS) is 15.8. The van der Waals surface area contributed by atoms with Gasteiger partial charge < -0.3 is 14.5 Å². The minimum absolute atomic E-state index is 0.0251. The zero-order valence-electron chi connectivity index (χ0n) is 21.6. The molecule has 3 aromatic heterocycles. The zero-order valence-corrected chi connectivity index (χ0v) is 21.6. The van der Waals surface area contributed by atoms with Crippen LogP contribution in [0.25, 0.3) is 22.2 Å².